The molecule has 0 unspecified atom stereocenters. The highest BCUT2D eigenvalue weighted by Gasteiger charge is 2.12. The van der Waals surface area contributed by atoms with Gasteiger partial charge in [-0.15, -0.1) is 0 Å². The first-order valence-corrected chi connectivity index (χ1v) is 7.18. The quantitative estimate of drug-likeness (QED) is 0.568. The van der Waals surface area contributed by atoms with Crippen molar-refractivity contribution in [3.63, 3.8) is 0 Å². The van der Waals surface area contributed by atoms with Gasteiger partial charge in [-0.25, -0.2) is 4.79 Å². The van der Waals surface area contributed by atoms with Crippen molar-refractivity contribution in [3.8, 4) is 5.75 Å². The fourth-order valence-electron chi connectivity index (χ4n) is 2.03. The molecule has 1 N–H and O–H groups in total. The molecule has 0 spiro atoms. The Morgan fingerprint density at radius 2 is 1.95 bits per heavy atom. The number of carbonyl (C=O) groups excluding carboxylic acids is 1. The highest BCUT2D eigenvalue weighted by molar-refractivity contribution is 5.91. The Morgan fingerprint density at radius 1 is 1.16 bits per heavy atom. The molecule has 1 aromatic carbocycles. The number of aryl methyl sites for hydroxylation is 1. The van der Waals surface area contributed by atoms with E-state index in [-0.39, 0.29) is 11.7 Å². The molecule has 0 amide bonds. The van der Waals surface area contributed by atoms with Crippen LogP contribution in [0.2, 0.25) is 0 Å². The second kappa shape index (κ2) is 8.57. The lowest BCUT2D eigenvalue weighted by Crippen LogP contribution is -2.09. The Morgan fingerprint density at radius 3 is 2.63 bits per heavy atom. The van der Waals surface area contributed by atoms with Crippen LogP contribution in [0.4, 0.5) is 0 Å². The van der Waals surface area contributed by atoms with Crippen molar-refractivity contribution in [2.75, 3.05) is 6.61 Å². The van der Waals surface area contributed by atoms with E-state index in [4.69, 9.17) is 4.74 Å². The number of benzene rings is 1. The van der Waals surface area contributed by atoms with Crippen molar-refractivity contribution in [1.82, 2.24) is 0 Å². The first kappa shape index (κ1) is 15.5. The standard InChI is InChI=1S/C16H24O3/c1-3-5-6-7-11-19-16(18)15-10-9-14(17)12-13(15)8-4-2/h9-10,12,17H,3-8,11H2,1-2H3. The molecule has 0 heterocycles. The summed E-state index contributed by atoms with van der Waals surface area (Å²) in [6, 6.07) is 4.83. The molecule has 0 aliphatic carbocycles. The minimum Gasteiger partial charge on any atom is -0.508 e. The SMILES string of the molecule is CCCCCCOC(=O)c1ccc(O)cc1CCC. The minimum atomic E-state index is -0.278. The average Bonchev–Trinajstić information content (AvgIpc) is 2.39. The number of ether oxygens (including phenoxy) is 1. The average molecular weight is 264 g/mol. The zero-order valence-corrected chi connectivity index (χ0v) is 11.9. The number of carbonyl (C=O) groups is 1. The number of esters is 1. The predicted molar refractivity (Wildman–Crippen MR) is 76.5 cm³/mol. The van der Waals surface area contributed by atoms with Crippen molar-refractivity contribution in [2.24, 2.45) is 0 Å². The number of phenolic OH excluding ortho intramolecular Hbond substituents is 1. The minimum absolute atomic E-state index is 0.197. The van der Waals surface area contributed by atoms with E-state index in [2.05, 4.69) is 6.92 Å². The van der Waals surface area contributed by atoms with Crippen LogP contribution in [0.3, 0.4) is 0 Å². The molecule has 0 saturated carbocycles. The Labute approximate surface area is 115 Å². The molecule has 0 atom stereocenters. The second-order valence-corrected chi connectivity index (χ2v) is 4.79. The topological polar surface area (TPSA) is 46.5 Å². The van der Waals surface area contributed by atoms with Gasteiger partial charge in [0.25, 0.3) is 0 Å². The highest BCUT2D eigenvalue weighted by Crippen LogP contribution is 2.19. The van der Waals surface area contributed by atoms with Crippen molar-refractivity contribution >= 4 is 5.97 Å². The van der Waals surface area contributed by atoms with Gasteiger partial charge in [-0.1, -0.05) is 39.5 Å². The molecule has 1 aromatic rings. The van der Waals surface area contributed by atoms with Crippen LogP contribution in [0.15, 0.2) is 18.2 Å². The number of phenols is 1. The lowest BCUT2D eigenvalue weighted by molar-refractivity contribution is 0.0496. The summed E-state index contributed by atoms with van der Waals surface area (Å²) < 4.78 is 5.28. The van der Waals surface area contributed by atoms with Crippen molar-refractivity contribution in [3.05, 3.63) is 29.3 Å². The number of unbranched alkanes of at least 4 members (excludes halogenated alkanes) is 3. The number of aromatic hydroxyl groups is 1. The fourth-order valence-corrected chi connectivity index (χ4v) is 2.03. The Balaban J connectivity index is 2.55. The Bertz CT molecular complexity index is 399. The highest BCUT2D eigenvalue weighted by atomic mass is 16.5. The van der Waals surface area contributed by atoms with Crippen LogP contribution in [0.25, 0.3) is 0 Å². The smallest absolute Gasteiger partial charge is 0.338 e. The van der Waals surface area contributed by atoms with Crippen LogP contribution < -0.4 is 0 Å². The van der Waals surface area contributed by atoms with Gasteiger partial charge >= 0.3 is 5.97 Å². The van der Waals surface area contributed by atoms with Gasteiger partial charge in [-0.2, -0.15) is 0 Å². The summed E-state index contributed by atoms with van der Waals surface area (Å²) >= 11 is 0. The normalized spacial score (nSPS) is 10.4. The van der Waals surface area contributed by atoms with E-state index in [9.17, 15) is 9.90 Å². The third-order valence-corrected chi connectivity index (χ3v) is 3.06. The Kier molecular flexibility index (Phi) is 7.01. The molecule has 3 heteroatoms. The number of rotatable bonds is 8. The van der Waals surface area contributed by atoms with E-state index in [1.165, 1.54) is 18.9 Å². The molecule has 106 valence electrons. The molecular formula is C16H24O3. The summed E-state index contributed by atoms with van der Waals surface area (Å²) in [6.07, 6.45) is 6.07. The van der Waals surface area contributed by atoms with E-state index in [0.29, 0.717) is 12.2 Å². The lowest BCUT2D eigenvalue weighted by Gasteiger charge is -2.09. The fraction of sp³-hybridized carbons (Fsp3) is 0.562. The third kappa shape index (κ3) is 5.33. The molecule has 0 saturated heterocycles. The third-order valence-electron chi connectivity index (χ3n) is 3.06. The number of hydrogen-bond donors (Lipinski definition) is 1. The number of hydrogen-bond acceptors (Lipinski definition) is 3. The summed E-state index contributed by atoms with van der Waals surface area (Å²) in [4.78, 5) is 12.0. The summed E-state index contributed by atoms with van der Waals surface area (Å²) in [5.74, 6) is -0.0807. The molecule has 0 bridgehead atoms. The van der Waals surface area contributed by atoms with Crippen LogP contribution in [0.1, 0.15) is 61.9 Å². The summed E-state index contributed by atoms with van der Waals surface area (Å²) in [5, 5.41) is 9.47. The molecule has 19 heavy (non-hydrogen) atoms. The van der Waals surface area contributed by atoms with Crippen LogP contribution in [-0.4, -0.2) is 17.7 Å². The Hall–Kier alpha value is -1.51. The molecule has 1 rings (SSSR count). The van der Waals surface area contributed by atoms with Crippen molar-refractivity contribution in [2.45, 2.75) is 52.4 Å². The maximum atomic E-state index is 12.0. The molecule has 3 nitrogen and oxygen atoms in total. The van der Waals surface area contributed by atoms with Gasteiger partial charge in [-0.05, 0) is 36.6 Å². The maximum Gasteiger partial charge on any atom is 0.338 e. The maximum absolute atomic E-state index is 12.0. The van der Waals surface area contributed by atoms with Crippen molar-refractivity contribution < 1.29 is 14.6 Å². The van der Waals surface area contributed by atoms with E-state index in [1.54, 1.807) is 12.1 Å². The van der Waals surface area contributed by atoms with Gasteiger partial charge in [0.05, 0.1) is 12.2 Å². The van der Waals surface area contributed by atoms with E-state index in [1.807, 2.05) is 6.92 Å². The van der Waals surface area contributed by atoms with Gasteiger partial charge in [0.2, 0.25) is 0 Å². The van der Waals surface area contributed by atoms with Gasteiger partial charge < -0.3 is 9.84 Å². The molecule has 0 aliphatic rings. The largest absolute Gasteiger partial charge is 0.508 e. The summed E-state index contributed by atoms with van der Waals surface area (Å²) in [5.41, 5.74) is 1.44. The predicted octanol–water partition coefficient (Wildman–Crippen LogP) is 4.08. The molecular weight excluding hydrogens is 240 g/mol. The van der Waals surface area contributed by atoms with Crippen LogP contribution >= 0.6 is 0 Å². The van der Waals surface area contributed by atoms with Gasteiger partial charge in [0, 0.05) is 0 Å². The van der Waals surface area contributed by atoms with Gasteiger partial charge in [0.15, 0.2) is 0 Å². The molecule has 0 aliphatic heterocycles. The monoisotopic (exact) mass is 264 g/mol. The lowest BCUT2D eigenvalue weighted by atomic mass is 10.0. The molecule has 0 fully saturated rings. The van der Waals surface area contributed by atoms with E-state index < -0.39 is 0 Å². The van der Waals surface area contributed by atoms with E-state index >= 15 is 0 Å². The summed E-state index contributed by atoms with van der Waals surface area (Å²) in [7, 11) is 0. The van der Waals surface area contributed by atoms with Crippen molar-refractivity contribution in [1.29, 1.82) is 0 Å². The van der Waals surface area contributed by atoms with Crippen LogP contribution in [0, 0.1) is 0 Å². The summed E-state index contributed by atoms with van der Waals surface area (Å²) in [6.45, 7) is 4.68. The van der Waals surface area contributed by atoms with Crippen LogP contribution in [0.5, 0.6) is 5.75 Å². The van der Waals surface area contributed by atoms with Gasteiger partial charge in [-0.3, -0.25) is 0 Å². The first-order valence-electron chi connectivity index (χ1n) is 7.18. The zero-order chi connectivity index (χ0) is 14.1. The zero-order valence-electron chi connectivity index (χ0n) is 11.9. The van der Waals surface area contributed by atoms with Crippen LogP contribution in [-0.2, 0) is 11.2 Å². The molecule has 0 aromatic heterocycles. The molecule has 0 radical (unpaired) electrons. The van der Waals surface area contributed by atoms with Gasteiger partial charge in [0.1, 0.15) is 5.75 Å². The first-order chi connectivity index (χ1) is 9.19. The second-order valence-electron chi connectivity index (χ2n) is 4.79. The van der Waals surface area contributed by atoms with E-state index in [0.717, 1.165) is 31.2 Å².